The maximum Gasteiger partial charge on any atom is 0.336 e. The number of aromatic nitrogens is 2. The lowest BCUT2D eigenvalue weighted by Crippen LogP contribution is -2.32. The van der Waals surface area contributed by atoms with Crippen molar-refractivity contribution >= 4 is 11.9 Å². The first-order valence-corrected chi connectivity index (χ1v) is 12.9. The number of rotatable bonds is 10. The number of nitrogens with one attached hydrogen (secondary N) is 1. The van der Waals surface area contributed by atoms with Gasteiger partial charge in [-0.25, -0.2) is 14.3 Å². The Morgan fingerprint density at radius 2 is 1.54 bits per heavy atom. The molecular weight excluding hydrogens is 494 g/mol. The summed E-state index contributed by atoms with van der Waals surface area (Å²) >= 11 is 0. The van der Waals surface area contributed by atoms with E-state index in [1.54, 1.807) is 38.5 Å². The van der Waals surface area contributed by atoms with Gasteiger partial charge in [-0.15, -0.1) is 0 Å². The summed E-state index contributed by atoms with van der Waals surface area (Å²) in [4.78, 5) is 26.7. The Morgan fingerprint density at radius 3 is 2.08 bits per heavy atom. The van der Waals surface area contributed by atoms with Crippen molar-refractivity contribution in [1.29, 1.82) is 0 Å². The van der Waals surface area contributed by atoms with Crippen LogP contribution in [0.4, 0.5) is 0 Å². The summed E-state index contributed by atoms with van der Waals surface area (Å²) < 4.78 is 18.3. The summed E-state index contributed by atoms with van der Waals surface area (Å²) in [6.07, 6.45) is 3.55. The van der Waals surface area contributed by atoms with Gasteiger partial charge in [-0.05, 0) is 64.1 Å². The van der Waals surface area contributed by atoms with Crippen LogP contribution in [0.15, 0.2) is 96.0 Å². The van der Waals surface area contributed by atoms with E-state index < -0.39 is 17.9 Å². The number of benzene rings is 2. The lowest BCUT2D eigenvalue weighted by atomic mass is 9.79. The Labute approximate surface area is 228 Å². The smallest absolute Gasteiger partial charge is 0.336 e. The lowest BCUT2D eigenvalue weighted by Gasteiger charge is -2.30. The molecule has 0 amide bonds. The summed E-state index contributed by atoms with van der Waals surface area (Å²) in [6, 6.07) is 17.2. The van der Waals surface area contributed by atoms with Gasteiger partial charge in [0.15, 0.2) is 0 Å². The Hall–Kier alpha value is -4.59. The first-order valence-electron chi connectivity index (χ1n) is 12.9. The molecule has 39 heavy (non-hydrogen) atoms. The third-order valence-corrected chi connectivity index (χ3v) is 6.32. The fraction of sp³-hybridized carbons (Fsp3) is 0.258. The molecule has 0 radical (unpaired) electrons. The molecule has 202 valence electrons. The van der Waals surface area contributed by atoms with Gasteiger partial charge in [0.25, 0.3) is 0 Å². The second-order valence-electron chi connectivity index (χ2n) is 8.91. The predicted octanol–water partition coefficient (Wildman–Crippen LogP) is 5.47. The van der Waals surface area contributed by atoms with Crippen molar-refractivity contribution in [3.63, 3.8) is 0 Å². The van der Waals surface area contributed by atoms with E-state index in [0.717, 1.165) is 11.3 Å². The van der Waals surface area contributed by atoms with Gasteiger partial charge in [0.1, 0.15) is 12.4 Å². The number of hydrogen-bond donors (Lipinski definition) is 1. The predicted molar refractivity (Wildman–Crippen MR) is 149 cm³/mol. The topological polar surface area (TPSA) is 91.7 Å². The van der Waals surface area contributed by atoms with Gasteiger partial charge in [-0.2, -0.15) is 5.10 Å². The molecule has 1 aromatic heterocycles. The van der Waals surface area contributed by atoms with Crippen molar-refractivity contribution in [3.8, 4) is 22.7 Å². The van der Waals surface area contributed by atoms with Crippen molar-refractivity contribution in [2.45, 2.75) is 33.6 Å². The molecular formula is C31H33N3O5. The molecule has 0 spiro atoms. The van der Waals surface area contributed by atoms with Crippen molar-refractivity contribution in [3.05, 3.63) is 102 Å². The summed E-state index contributed by atoms with van der Waals surface area (Å²) in [5, 5.41) is 8.13. The molecule has 8 nitrogen and oxygen atoms in total. The van der Waals surface area contributed by atoms with Crippen LogP contribution in [0.1, 0.15) is 39.2 Å². The molecule has 0 fully saturated rings. The first-order chi connectivity index (χ1) is 18.9. The highest BCUT2D eigenvalue weighted by atomic mass is 16.5. The fourth-order valence-corrected chi connectivity index (χ4v) is 4.66. The highest BCUT2D eigenvalue weighted by Gasteiger charge is 2.40. The highest BCUT2D eigenvalue weighted by molar-refractivity contribution is 6.00. The maximum absolute atomic E-state index is 13.3. The molecule has 8 heteroatoms. The number of esters is 2. The van der Waals surface area contributed by atoms with E-state index in [1.807, 2.05) is 60.8 Å². The van der Waals surface area contributed by atoms with Crippen LogP contribution >= 0.6 is 0 Å². The van der Waals surface area contributed by atoms with Crippen LogP contribution in [0.2, 0.25) is 0 Å². The number of hydrogen-bond acceptors (Lipinski definition) is 7. The highest BCUT2D eigenvalue weighted by Crippen LogP contribution is 2.43. The number of ether oxygens (including phenoxy) is 3. The molecule has 3 aromatic rings. The molecule has 2 aromatic carbocycles. The van der Waals surface area contributed by atoms with Crippen LogP contribution in [0.25, 0.3) is 16.9 Å². The molecule has 1 N–H and O–H groups in total. The van der Waals surface area contributed by atoms with Gasteiger partial charge in [0.05, 0.1) is 41.7 Å². The number of dihydropyridines is 1. The van der Waals surface area contributed by atoms with Crippen LogP contribution in [-0.2, 0) is 19.1 Å². The van der Waals surface area contributed by atoms with Gasteiger partial charge in [0.2, 0.25) is 0 Å². The van der Waals surface area contributed by atoms with Crippen molar-refractivity contribution in [1.82, 2.24) is 15.1 Å². The van der Waals surface area contributed by atoms with Gasteiger partial charge < -0.3 is 19.5 Å². The quantitative estimate of drug-likeness (QED) is 0.276. The van der Waals surface area contributed by atoms with Crippen molar-refractivity contribution in [2.24, 2.45) is 0 Å². The maximum atomic E-state index is 13.3. The first kappa shape index (κ1) is 27.4. The molecule has 0 saturated heterocycles. The van der Waals surface area contributed by atoms with Gasteiger partial charge in [0, 0.05) is 28.7 Å². The normalized spacial score (nSPS) is 13.6. The average molecular weight is 528 g/mol. The van der Waals surface area contributed by atoms with Crippen molar-refractivity contribution < 1.29 is 23.8 Å². The number of para-hydroxylation sites is 1. The molecule has 2 heterocycles. The van der Waals surface area contributed by atoms with Crippen LogP contribution in [0, 0.1) is 0 Å². The Kier molecular flexibility index (Phi) is 8.66. The van der Waals surface area contributed by atoms with Gasteiger partial charge in [-0.1, -0.05) is 30.9 Å². The van der Waals surface area contributed by atoms with E-state index in [2.05, 4.69) is 11.9 Å². The largest absolute Gasteiger partial charge is 0.490 e. The van der Waals surface area contributed by atoms with E-state index in [-0.39, 0.29) is 13.2 Å². The van der Waals surface area contributed by atoms with E-state index in [9.17, 15) is 9.59 Å². The van der Waals surface area contributed by atoms with Crippen LogP contribution in [-0.4, -0.2) is 41.5 Å². The second-order valence-corrected chi connectivity index (χ2v) is 8.91. The third-order valence-electron chi connectivity index (χ3n) is 6.32. The zero-order chi connectivity index (χ0) is 27.9. The molecule has 0 unspecified atom stereocenters. The number of allylic oxidation sites excluding steroid dienone is 2. The van der Waals surface area contributed by atoms with Gasteiger partial charge in [-0.3, -0.25) is 0 Å². The minimum absolute atomic E-state index is 0.197. The zero-order valence-corrected chi connectivity index (χ0v) is 22.7. The number of carbonyl (C=O) groups is 2. The zero-order valence-electron chi connectivity index (χ0n) is 22.7. The summed E-state index contributed by atoms with van der Waals surface area (Å²) in [5.74, 6) is -1.09. The van der Waals surface area contributed by atoms with Crippen LogP contribution < -0.4 is 10.1 Å². The Balaban J connectivity index is 1.96. The molecule has 1 aliphatic rings. The van der Waals surface area contributed by atoms with E-state index in [4.69, 9.17) is 19.3 Å². The molecule has 0 bridgehead atoms. The molecule has 0 atom stereocenters. The minimum atomic E-state index is -0.770. The molecule has 4 rings (SSSR count). The molecule has 0 aliphatic carbocycles. The van der Waals surface area contributed by atoms with Crippen LogP contribution in [0.5, 0.6) is 5.75 Å². The number of nitrogens with zero attached hydrogens (tertiary/aromatic N) is 2. The summed E-state index contributed by atoms with van der Waals surface area (Å²) in [5.41, 5.74) is 4.81. The Morgan fingerprint density at radius 1 is 0.949 bits per heavy atom. The fourth-order valence-electron chi connectivity index (χ4n) is 4.66. The van der Waals surface area contributed by atoms with Crippen LogP contribution in [0.3, 0.4) is 0 Å². The third kappa shape index (κ3) is 5.80. The standard InChI is InChI=1S/C31H33N3O5/c1-6-18-39-24-16-14-22(15-17-24)29-25(19-34(33-29)23-12-10-9-11-13-23)28-26(30(35)37-7-2)20(4)32-21(5)27(28)31(36)38-8-3/h6,9-17,19,28,32H,1,7-8,18H2,2-5H3. The summed E-state index contributed by atoms with van der Waals surface area (Å²) in [7, 11) is 0. The van der Waals surface area contributed by atoms with Crippen molar-refractivity contribution in [2.75, 3.05) is 19.8 Å². The SMILES string of the molecule is C=CCOc1ccc(-c2nn(-c3ccccc3)cc2C2C(C(=O)OCC)=C(C)NC(C)=C2C(=O)OCC)cc1. The monoisotopic (exact) mass is 527 g/mol. The van der Waals surface area contributed by atoms with E-state index in [1.165, 1.54) is 0 Å². The van der Waals surface area contributed by atoms with E-state index >= 15 is 0 Å². The minimum Gasteiger partial charge on any atom is -0.490 e. The van der Waals surface area contributed by atoms with E-state index in [0.29, 0.717) is 46.2 Å². The van der Waals surface area contributed by atoms with Gasteiger partial charge >= 0.3 is 11.9 Å². The number of carbonyl (C=O) groups excluding carboxylic acids is 2. The average Bonchev–Trinajstić information content (AvgIpc) is 3.37. The second kappa shape index (κ2) is 12.3. The summed E-state index contributed by atoms with van der Waals surface area (Å²) in [6.45, 7) is 11.6. The molecule has 1 aliphatic heterocycles. The molecule has 0 saturated carbocycles. The Bertz CT molecular complexity index is 1380. The lowest BCUT2D eigenvalue weighted by molar-refractivity contribution is -0.139.